The van der Waals surface area contributed by atoms with Crippen molar-refractivity contribution in [2.75, 3.05) is 0 Å². The van der Waals surface area contributed by atoms with Crippen molar-refractivity contribution in [2.24, 2.45) is 5.92 Å². The van der Waals surface area contributed by atoms with Gasteiger partial charge in [-0.2, -0.15) is 0 Å². The second-order valence-electron chi connectivity index (χ2n) is 4.03. The second kappa shape index (κ2) is 5.74. The van der Waals surface area contributed by atoms with Gasteiger partial charge >= 0.3 is 0 Å². The van der Waals surface area contributed by atoms with Crippen LogP contribution in [0, 0.1) is 5.92 Å². The van der Waals surface area contributed by atoms with E-state index in [4.69, 9.17) is 11.6 Å². The van der Waals surface area contributed by atoms with Gasteiger partial charge in [0.2, 0.25) is 0 Å². The van der Waals surface area contributed by atoms with E-state index in [9.17, 15) is 5.11 Å². The number of aryl methyl sites for hydroxylation is 1. The molecule has 0 spiro atoms. The molecule has 1 aromatic rings. The molecule has 0 radical (unpaired) electrons. The summed E-state index contributed by atoms with van der Waals surface area (Å²) in [6.45, 7) is 4.26. The molecule has 1 unspecified atom stereocenters. The van der Waals surface area contributed by atoms with Crippen LogP contribution in [-0.2, 0) is 6.42 Å². The van der Waals surface area contributed by atoms with Gasteiger partial charge in [0.05, 0.1) is 10.4 Å². The van der Waals surface area contributed by atoms with Crippen molar-refractivity contribution in [1.82, 2.24) is 0 Å². The Labute approximate surface area is 94.7 Å². The Hall–Kier alpha value is -0.0500. The Kier molecular flexibility index (Phi) is 4.93. The molecule has 80 valence electrons. The van der Waals surface area contributed by atoms with Crippen LogP contribution in [0.2, 0.25) is 4.34 Å². The van der Waals surface area contributed by atoms with E-state index in [-0.39, 0.29) is 6.10 Å². The standard InChI is InChI=1S/C11H17ClOS/c1-8(2)7-9(13)3-4-10-5-6-11(12)14-10/h5-6,8-9,13H,3-4,7H2,1-2H3. The molecule has 0 aliphatic rings. The van der Waals surface area contributed by atoms with Crippen LogP contribution in [-0.4, -0.2) is 11.2 Å². The van der Waals surface area contributed by atoms with Gasteiger partial charge in [-0.15, -0.1) is 11.3 Å². The summed E-state index contributed by atoms with van der Waals surface area (Å²) in [6, 6.07) is 3.95. The van der Waals surface area contributed by atoms with Gasteiger partial charge < -0.3 is 5.11 Å². The molecule has 0 fully saturated rings. The first-order valence-corrected chi connectivity index (χ1v) is 6.19. The van der Waals surface area contributed by atoms with Crippen molar-refractivity contribution in [1.29, 1.82) is 0 Å². The zero-order chi connectivity index (χ0) is 10.6. The molecule has 0 saturated heterocycles. The number of aliphatic hydroxyl groups excluding tert-OH is 1. The molecule has 1 heterocycles. The van der Waals surface area contributed by atoms with Crippen LogP contribution in [0.3, 0.4) is 0 Å². The monoisotopic (exact) mass is 232 g/mol. The number of thiophene rings is 1. The molecule has 0 saturated carbocycles. The lowest BCUT2D eigenvalue weighted by molar-refractivity contribution is 0.140. The minimum atomic E-state index is -0.170. The summed E-state index contributed by atoms with van der Waals surface area (Å²) in [7, 11) is 0. The van der Waals surface area contributed by atoms with Gasteiger partial charge in [0.25, 0.3) is 0 Å². The maximum atomic E-state index is 9.66. The summed E-state index contributed by atoms with van der Waals surface area (Å²) in [5, 5.41) is 9.66. The molecule has 1 N–H and O–H groups in total. The minimum absolute atomic E-state index is 0.170. The van der Waals surface area contributed by atoms with Gasteiger partial charge in [-0.3, -0.25) is 0 Å². The maximum Gasteiger partial charge on any atom is 0.0931 e. The molecule has 14 heavy (non-hydrogen) atoms. The Balaban J connectivity index is 2.26. The van der Waals surface area contributed by atoms with Crippen LogP contribution >= 0.6 is 22.9 Å². The summed E-state index contributed by atoms with van der Waals surface area (Å²) in [4.78, 5) is 1.26. The van der Waals surface area contributed by atoms with Gasteiger partial charge in [0, 0.05) is 4.88 Å². The predicted molar refractivity (Wildman–Crippen MR) is 63.1 cm³/mol. The third-order valence-electron chi connectivity index (χ3n) is 2.10. The molecule has 0 bridgehead atoms. The van der Waals surface area contributed by atoms with Crippen molar-refractivity contribution >= 4 is 22.9 Å². The quantitative estimate of drug-likeness (QED) is 0.820. The van der Waals surface area contributed by atoms with Crippen LogP contribution in [0.25, 0.3) is 0 Å². The Morgan fingerprint density at radius 3 is 2.64 bits per heavy atom. The summed E-state index contributed by atoms with van der Waals surface area (Å²) in [6.07, 6.45) is 2.50. The molecule has 3 heteroatoms. The first-order chi connectivity index (χ1) is 6.58. The maximum absolute atomic E-state index is 9.66. The summed E-state index contributed by atoms with van der Waals surface area (Å²) in [5.74, 6) is 0.567. The molecule has 0 amide bonds. The van der Waals surface area contributed by atoms with Crippen LogP contribution in [0.1, 0.15) is 31.6 Å². The van der Waals surface area contributed by atoms with Crippen molar-refractivity contribution in [3.63, 3.8) is 0 Å². The molecule has 0 aliphatic carbocycles. The highest BCUT2D eigenvalue weighted by Crippen LogP contribution is 2.23. The van der Waals surface area contributed by atoms with E-state index in [1.54, 1.807) is 11.3 Å². The van der Waals surface area contributed by atoms with Crippen LogP contribution < -0.4 is 0 Å². The molecule has 1 aromatic heterocycles. The van der Waals surface area contributed by atoms with E-state index >= 15 is 0 Å². The fourth-order valence-corrected chi connectivity index (χ4v) is 2.56. The Morgan fingerprint density at radius 1 is 1.43 bits per heavy atom. The first-order valence-electron chi connectivity index (χ1n) is 5.00. The van der Waals surface area contributed by atoms with Crippen molar-refractivity contribution in [3.8, 4) is 0 Å². The number of hydrogen-bond acceptors (Lipinski definition) is 2. The molecule has 1 rings (SSSR count). The van der Waals surface area contributed by atoms with E-state index in [1.807, 2.05) is 12.1 Å². The lowest BCUT2D eigenvalue weighted by Gasteiger charge is -2.11. The topological polar surface area (TPSA) is 20.2 Å². The molecule has 0 aromatic carbocycles. The van der Waals surface area contributed by atoms with E-state index < -0.39 is 0 Å². The van der Waals surface area contributed by atoms with Gasteiger partial charge in [-0.1, -0.05) is 25.4 Å². The van der Waals surface area contributed by atoms with Crippen molar-refractivity contribution in [2.45, 2.75) is 39.2 Å². The number of aliphatic hydroxyl groups is 1. The molecule has 1 atom stereocenters. The summed E-state index contributed by atoms with van der Waals surface area (Å²) in [5.41, 5.74) is 0. The minimum Gasteiger partial charge on any atom is -0.393 e. The number of halogens is 1. The zero-order valence-corrected chi connectivity index (χ0v) is 10.2. The highest BCUT2D eigenvalue weighted by Gasteiger charge is 2.07. The van der Waals surface area contributed by atoms with E-state index in [0.29, 0.717) is 5.92 Å². The zero-order valence-electron chi connectivity index (χ0n) is 8.66. The predicted octanol–water partition coefficient (Wildman–Crippen LogP) is 3.74. The van der Waals surface area contributed by atoms with Gasteiger partial charge in [-0.25, -0.2) is 0 Å². The molecule has 1 nitrogen and oxygen atoms in total. The average molecular weight is 233 g/mol. The third-order valence-corrected chi connectivity index (χ3v) is 3.39. The van der Waals surface area contributed by atoms with Crippen LogP contribution in [0.5, 0.6) is 0 Å². The summed E-state index contributed by atoms with van der Waals surface area (Å²) >= 11 is 7.42. The largest absolute Gasteiger partial charge is 0.393 e. The molecule has 0 aliphatic heterocycles. The first kappa shape index (κ1) is 12.0. The van der Waals surface area contributed by atoms with Crippen LogP contribution in [0.15, 0.2) is 12.1 Å². The SMILES string of the molecule is CC(C)CC(O)CCc1ccc(Cl)s1. The second-order valence-corrected chi connectivity index (χ2v) is 5.83. The Bertz CT molecular complexity index is 270. The molecular weight excluding hydrogens is 216 g/mol. The van der Waals surface area contributed by atoms with Crippen LogP contribution in [0.4, 0.5) is 0 Å². The van der Waals surface area contributed by atoms with Crippen molar-refractivity contribution in [3.05, 3.63) is 21.3 Å². The van der Waals surface area contributed by atoms with E-state index in [1.165, 1.54) is 4.88 Å². The van der Waals surface area contributed by atoms with Gasteiger partial charge in [0.1, 0.15) is 0 Å². The Morgan fingerprint density at radius 2 is 2.14 bits per heavy atom. The summed E-state index contributed by atoms with van der Waals surface area (Å²) < 4.78 is 0.832. The normalized spacial score (nSPS) is 13.5. The smallest absolute Gasteiger partial charge is 0.0931 e. The average Bonchev–Trinajstić information content (AvgIpc) is 2.47. The molecular formula is C11H17ClOS. The van der Waals surface area contributed by atoms with E-state index in [2.05, 4.69) is 13.8 Å². The third kappa shape index (κ3) is 4.45. The number of rotatable bonds is 5. The van der Waals surface area contributed by atoms with Crippen molar-refractivity contribution < 1.29 is 5.11 Å². The van der Waals surface area contributed by atoms with E-state index in [0.717, 1.165) is 23.6 Å². The lowest BCUT2D eigenvalue weighted by atomic mass is 10.0. The highest BCUT2D eigenvalue weighted by atomic mass is 35.5. The fourth-order valence-electron chi connectivity index (χ4n) is 1.46. The van der Waals surface area contributed by atoms with Gasteiger partial charge in [-0.05, 0) is 37.3 Å². The highest BCUT2D eigenvalue weighted by molar-refractivity contribution is 7.16. The lowest BCUT2D eigenvalue weighted by Crippen LogP contribution is -2.10. The van der Waals surface area contributed by atoms with Gasteiger partial charge in [0.15, 0.2) is 0 Å². The number of hydrogen-bond donors (Lipinski definition) is 1. The fraction of sp³-hybridized carbons (Fsp3) is 0.636.